The lowest BCUT2D eigenvalue weighted by molar-refractivity contribution is -0.384. The third-order valence-electron chi connectivity index (χ3n) is 2.12. The van der Waals surface area contributed by atoms with Gasteiger partial charge in [-0.1, -0.05) is 12.1 Å². The summed E-state index contributed by atoms with van der Waals surface area (Å²) in [5.74, 6) is -0.0568. The Morgan fingerprint density at radius 1 is 1.62 bits per heavy atom. The Bertz CT molecular complexity index is 412. The smallest absolute Gasteiger partial charge is 0.269 e. The van der Waals surface area contributed by atoms with Gasteiger partial charge in [-0.2, -0.15) is 5.26 Å². The molecule has 0 bridgehead atoms. The highest BCUT2D eigenvalue weighted by atomic mass is 16.6. The molecule has 0 fully saturated rings. The molecule has 0 amide bonds. The van der Waals surface area contributed by atoms with Crippen LogP contribution in [0.15, 0.2) is 24.3 Å². The van der Waals surface area contributed by atoms with Crippen LogP contribution in [0.25, 0.3) is 0 Å². The van der Waals surface area contributed by atoms with Crippen LogP contribution in [0, 0.1) is 27.4 Å². The summed E-state index contributed by atoms with van der Waals surface area (Å²) in [7, 11) is 0. The Kier molecular flexibility index (Phi) is 4.42. The number of hydrogen-bond donors (Lipinski definition) is 1. The number of nitrogens with zero attached hydrogens (tertiary/aromatic N) is 2. The lowest BCUT2D eigenvalue weighted by Gasteiger charge is -2.05. The molecule has 0 aliphatic rings. The fourth-order valence-corrected chi connectivity index (χ4v) is 1.26. The Morgan fingerprint density at radius 2 is 2.38 bits per heavy atom. The maximum absolute atomic E-state index is 10.5. The molecule has 1 rings (SSSR count). The van der Waals surface area contributed by atoms with Crippen LogP contribution in [0.5, 0.6) is 0 Å². The van der Waals surface area contributed by atoms with Gasteiger partial charge in [-0.25, -0.2) is 0 Å². The van der Waals surface area contributed by atoms with Gasteiger partial charge in [0.25, 0.3) is 5.69 Å². The molecule has 1 unspecified atom stereocenters. The molecule has 0 aromatic heterocycles. The highest BCUT2D eigenvalue weighted by Gasteiger charge is 2.05. The third-order valence-corrected chi connectivity index (χ3v) is 2.12. The van der Waals surface area contributed by atoms with Crippen LogP contribution in [0.3, 0.4) is 0 Å². The summed E-state index contributed by atoms with van der Waals surface area (Å²) < 4.78 is 0. The van der Waals surface area contributed by atoms with E-state index in [1.54, 1.807) is 6.07 Å². The lowest BCUT2D eigenvalue weighted by Crippen LogP contribution is -2.19. The zero-order valence-corrected chi connectivity index (χ0v) is 9.01. The van der Waals surface area contributed by atoms with Crippen molar-refractivity contribution in [3.8, 4) is 6.07 Å². The van der Waals surface area contributed by atoms with E-state index in [1.165, 1.54) is 12.1 Å². The first-order chi connectivity index (χ1) is 7.63. The quantitative estimate of drug-likeness (QED) is 0.605. The number of nitrogens with one attached hydrogen (secondary N) is 1. The van der Waals surface area contributed by atoms with E-state index in [1.807, 2.05) is 13.0 Å². The van der Waals surface area contributed by atoms with E-state index in [0.717, 1.165) is 5.56 Å². The van der Waals surface area contributed by atoms with Gasteiger partial charge in [-0.05, 0) is 12.5 Å². The molecule has 5 nitrogen and oxygen atoms in total. The molecule has 0 saturated carbocycles. The maximum atomic E-state index is 10.5. The Morgan fingerprint density at radius 3 is 3.00 bits per heavy atom. The molecule has 84 valence electrons. The zero-order valence-electron chi connectivity index (χ0n) is 9.01. The second-order valence-electron chi connectivity index (χ2n) is 3.59. The first-order valence-electron chi connectivity index (χ1n) is 4.97. The average Bonchev–Trinajstić information content (AvgIpc) is 2.29. The van der Waals surface area contributed by atoms with Gasteiger partial charge in [-0.3, -0.25) is 10.1 Å². The maximum Gasteiger partial charge on any atom is 0.269 e. The van der Waals surface area contributed by atoms with Gasteiger partial charge >= 0.3 is 0 Å². The van der Waals surface area contributed by atoms with Gasteiger partial charge in [0, 0.05) is 25.2 Å². The number of nitriles is 1. The number of rotatable bonds is 5. The van der Waals surface area contributed by atoms with E-state index >= 15 is 0 Å². The molecule has 0 saturated heterocycles. The van der Waals surface area contributed by atoms with E-state index in [4.69, 9.17) is 5.26 Å². The number of hydrogen-bond acceptors (Lipinski definition) is 4. The number of nitro benzene ring substituents is 1. The topological polar surface area (TPSA) is 79.0 Å². The standard InChI is InChI=1S/C11H13N3O2/c1-9(6-12)7-13-8-10-3-2-4-11(5-10)14(15)16/h2-5,9,13H,7-8H2,1H3. The van der Waals surface area contributed by atoms with Crippen LogP contribution in [0.4, 0.5) is 5.69 Å². The minimum atomic E-state index is -0.415. The predicted octanol–water partition coefficient (Wildman–Crippen LogP) is 1.84. The summed E-state index contributed by atoms with van der Waals surface area (Å²) in [5.41, 5.74) is 0.937. The monoisotopic (exact) mass is 219 g/mol. The van der Waals surface area contributed by atoms with Crippen molar-refractivity contribution in [2.24, 2.45) is 5.92 Å². The first kappa shape index (κ1) is 12.1. The van der Waals surface area contributed by atoms with Crippen molar-refractivity contribution < 1.29 is 4.92 Å². The van der Waals surface area contributed by atoms with Gasteiger partial charge in [0.15, 0.2) is 0 Å². The van der Waals surface area contributed by atoms with Crippen LogP contribution >= 0.6 is 0 Å². The second kappa shape index (κ2) is 5.83. The van der Waals surface area contributed by atoms with Crippen LogP contribution in [-0.2, 0) is 6.54 Å². The summed E-state index contributed by atoms with van der Waals surface area (Å²) in [4.78, 5) is 10.1. The molecule has 1 N–H and O–H groups in total. The van der Waals surface area contributed by atoms with Gasteiger partial charge in [0.1, 0.15) is 0 Å². The molecule has 1 aromatic rings. The normalized spacial score (nSPS) is 11.8. The van der Waals surface area contributed by atoms with Crippen molar-refractivity contribution in [3.63, 3.8) is 0 Å². The van der Waals surface area contributed by atoms with Crippen LogP contribution in [-0.4, -0.2) is 11.5 Å². The second-order valence-corrected chi connectivity index (χ2v) is 3.59. The summed E-state index contributed by atoms with van der Waals surface area (Å²) in [5, 5.41) is 22.2. The predicted molar refractivity (Wildman–Crippen MR) is 59.6 cm³/mol. The minimum absolute atomic E-state index is 0.0568. The molecule has 1 atom stereocenters. The van der Waals surface area contributed by atoms with Crippen molar-refractivity contribution in [2.75, 3.05) is 6.54 Å². The molecular weight excluding hydrogens is 206 g/mol. The minimum Gasteiger partial charge on any atom is -0.311 e. The molecule has 1 aromatic carbocycles. The van der Waals surface area contributed by atoms with Crippen LogP contribution < -0.4 is 5.32 Å². The molecule has 16 heavy (non-hydrogen) atoms. The van der Waals surface area contributed by atoms with Crippen LogP contribution in [0.2, 0.25) is 0 Å². The van der Waals surface area contributed by atoms with Gasteiger partial charge in [0.2, 0.25) is 0 Å². The molecular formula is C11H13N3O2. The third kappa shape index (κ3) is 3.67. The van der Waals surface area contributed by atoms with E-state index in [9.17, 15) is 10.1 Å². The van der Waals surface area contributed by atoms with E-state index in [2.05, 4.69) is 11.4 Å². The Labute approximate surface area is 93.9 Å². The first-order valence-corrected chi connectivity index (χ1v) is 4.97. The van der Waals surface area contributed by atoms with Gasteiger partial charge in [-0.15, -0.1) is 0 Å². The highest BCUT2D eigenvalue weighted by Crippen LogP contribution is 2.12. The van der Waals surface area contributed by atoms with Crippen molar-refractivity contribution in [3.05, 3.63) is 39.9 Å². The summed E-state index contributed by atoms with van der Waals surface area (Å²) >= 11 is 0. The van der Waals surface area contributed by atoms with Crippen molar-refractivity contribution in [2.45, 2.75) is 13.5 Å². The molecule has 0 spiro atoms. The largest absolute Gasteiger partial charge is 0.311 e. The molecule has 0 aliphatic carbocycles. The molecule has 0 aliphatic heterocycles. The Balaban J connectivity index is 2.52. The summed E-state index contributed by atoms with van der Waals surface area (Å²) in [6.07, 6.45) is 0. The van der Waals surface area contributed by atoms with Crippen molar-refractivity contribution in [1.29, 1.82) is 5.26 Å². The number of nitro groups is 1. The molecule has 0 heterocycles. The average molecular weight is 219 g/mol. The van der Waals surface area contributed by atoms with Crippen molar-refractivity contribution in [1.82, 2.24) is 5.32 Å². The van der Waals surface area contributed by atoms with Gasteiger partial charge in [0.05, 0.1) is 16.9 Å². The summed E-state index contributed by atoms with van der Waals surface area (Å²) in [6, 6.07) is 8.57. The summed E-state index contributed by atoms with van der Waals surface area (Å²) in [6.45, 7) is 2.94. The van der Waals surface area contributed by atoms with Gasteiger partial charge < -0.3 is 5.32 Å². The van der Waals surface area contributed by atoms with E-state index in [-0.39, 0.29) is 11.6 Å². The van der Waals surface area contributed by atoms with E-state index < -0.39 is 4.92 Å². The SMILES string of the molecule is CC(C#N)CNCc1cccc([N+](=O)[O-])c1. The van der Waals surface area contributed by atoms with Crippen LogP contribution in [0.1, 0.15) is 12.5 Å². The fourth-order valence-electron chi connectivity index (χ4n) is 1.26. The number of benzene rings is 1. The van der Waals surface area contributed by atoms with Crippen molar-refractivity contribution >= 4 is 5.69 Å². The highest BCUT2D eigenvalue weighted by molar-refractivity contribution is 5.34. The van der Waals surface area contributed by atoms with E-state index in [0.29, 0.717) is 13.1 Å². The molecule has 0 radical (unpaired) electrons. The molecule has 5 heteroatoms. The zero-order chi connectivity index (χ0) is 12.0. The Hall–Kier alpha value is -1.93. The number of non-ortho nitro benzene ring substituents is 1. The fraction of sp³-hybridized carbons (Fsp3) is 0.364. The lowest BCUT2D eigenvalue weighted by atomic mass is 10.2.